The van der Waals surface area contributed by atoms with Crippen molar-refractivity contribution in [1.82, 2.24) is 15.5 Å². The van der Waals surface area contributed by atoms with E-state index in [0.29, 0.717) is 31.3 Å². The van der Waals surface area contributed by atoms with Crippen molar-refractivity contribution in [1.29, 1.82) is 0 Å². The number of nitrogens with zero attached hydrogens (tertiary/aromatic N) is 1. The zero-order valence-electron chi connectivity index (χ0n) is 14.8. The van der Waals surface area contributed by atoms with E-state index < -0.39 is 0 Å². The lowest BCUT2D eigenvalue weighted by Gasteiger charge is -2.32. The summed E-state index contributed by atoms with van der Waals surface area (Å²) in [7, 11) is 1.65. The summed E-state index contributed by atoms with van der Waals surface area (Å²) in [5, 5.41) is 6.86. The molecule has 1 aliphatic rings. The molecule has 0 unspecified atom stereocenters. The fourth-order valence-electron chi connectivity index (χ4n) is 2.78. The number of hydrogen-bond acceptors (Lipinski definition) is 5. The lowest BCUT2D eigenvalue weighted by molar-refractivity contribution is -0.121. The van der Waals surface area contributed by atoms with Gasteiger partial charge in [0.25, 0.3) is 0 Å². The molecule has 0 aromatic heterocycles. The molecule has 0 saturated carbocycles. The summed E-state index contributed by atoms with van der Waals surface area (Å²) < 4.78 is 10.7. The number of likely N-dealkylation sites (tertiary alicyclic amines) is 1. The molecule has 0 bridgehead atoms. The number of benzene rings is 1. The molecule has 7 heteroatoms. The first-order chi connectivity index (χ1) is 12.2. The molecule has 140 valence electrons. The van der Waals surface area contributed by atoms with Gasteiger partial charge in [0.05, 0.1) is 13.2 Å². The van der Waals surface area contributed by atoms with Gasteiger partial charge in [-0.3, -0.25) is 9.69 Å². The Bertz CT molecular complexity index is 505. The maximum absolute atomic E-state index is 11.9. The number of halogens is 1. The van der Waals surface area contributed by atoms with Crippen LogP contribution < -0.4 is 15.4 Å². The van der Waals surface area contributed by atoms with Gasteiger partial charge in [0.15, 0.2) is 0 Å². The van der Waals surface area contributed by atoms with E-state index in [1.54, 1.807) is 7.11 Å². The average Bonchev–Trinajstić information content (AvgIpc) is 2.62. The van der Waals surface area contributed by atoms with Crippen LogP contribution in [0, 0.1) is 0 Å². The van der Waals surface area contributed by atoms with Crippen molar-refractivity contribution in [2.45, 2.75) is 18.9 Å². The third-order valence-corrected chi connectivity index (χ3v) is 4.46. The lowest BCUT2D eigenvalue weighted by atomic mass is 10.1. The third kappa shape index (κ3) is 8.05. The van der Waals surface area contributed by atoms with E-state index in [4.69, 9.17) is 21.1 Å². The topological polar surface area (TPSA) is 62.8 Å². The van der Waals surface area contributed by atoms with Crippen molar-refractivity contribution in [2.24, 2.45) is 0 Å². The Morgan fingerprint density at radius 3 is 2.64 bits per heavy atom. The number of piperidine rings is 1. The molecule has 0 spiro atoms. The second-order valence-corrected chi connectivity index (χ2v) is 6.59. The summed E-state index contributed by atoms with van der Waals surface area (Å²) in [5.74, 6) is 0.896. The summed E-state index contributed by atoms with van der Waals surface area (Å²) >= 11 is 5.86. The standard InChI is InChI=1S/C18H28ClN3O3/c1-24-12-8-20-14-18(23)21-16-6-9-22(10-7-16)11-13-25-17-4-2-15(19)3-5-17/h2-5,16,20H,6-14H2,1H3,(H,21,23). The second-order valence-electron chi connectivity index (χ2n) is 6.16. The van der Waals surface area contributed by atoms with Crippen LogP contribution in [0.3, 0.4) is 0 Å². The normalized spacial score (nSPS) is 15.9. The van der Waals surface area contributed by atoms with E-state index in [2.05, 4.69) is 15.5 Å². The Labute approximate surface area is 154 Å². The monoisotopic (exact) mass is 369 g/mol. The number of carbonyl (C=O) groups excluding carboxylic acids is 1. The van der Waals surface area contributed by atoms with E-state index in [0.717, 1.165) is 38.2 Å². The smallest absolute Gasteiger partial charge is 0.234 e. The van der Waals surface area contributed by atoms with Gasteiger partial charge in [0.2, 0.25) is 5.91 Å². The third-order valence-electron chi connectivity index (χ3n) is 4.21. The number of rotatable bonds is 10. The van der Waals surface area contributed by atoms with Crippen LogP contribution in [0.15, 0.2) is 24.3 Å². The minimum absolute atomic E-state index is 0.0561. The summed E-state index contributed by atoms with van der Waals surface area (Å²) in [6, 6.07) is 7.69. The Morgan fingerprint density at radius 1 is 1.24 bits per heavy atom. The first kappa shape index (κ1) is 20.0. The van der Waals surface area contributed by atoms with Gasteiger partial charge in [-0.2, -0.15) is 0 Å². The molecule has 2 rings (SSSR count). The van der Waals surface area contributed by atoms with Gasteiger partial charge in [-0.15, -0.1) is 0 Å². The van der Waals surface area contributed by atoms with Gasteiger partial charge in [-0.25, -0.2) is 0 Å². The van der Waals surface area contributed by atoms with E-state index in [9.17, 15) is 4.79 Å². The Hall–Kier alpha value is -1.34. The van der Waals surface area contributed by atoms with Crippen LogP contribution in [0.4, 0.5) is 0 Å². The van der Waals surface area contributed by atoms with E-state index >= 15 is 0 Å². The minimum Gasteiger partial charge on any atom is -0.492 e. The van der Waals surface area contributed by atoms with Gasteiger partial charge < -0.3 is 20.1 Å². The molecule has 0 radical (unpaired) electrons. The summed E-state index contributed by atoms with van der Waals surface area (Å²) in [6.45, 7) is 5.15. The largest absolute Gasteiger partial charge is 0.492 e. The first-order valence-electron chi connectivity index (χ1n) is 8.77. The number of nitrogens with one attached hydrogen (secondary N) is 2. The van der Waals surface area contributed by atoms with Crippen molar-refractivity contribution < 1.29 is 14.3 Å². The average molecular weight is 370 g/mol. The van der Waals surface area contributed by atoms with Crippen molar-refractivity contribution in [3.05, 3.63) is 29.3 Å². The van der Waals surface area contributed by atoms with Crippen LogP contribution in [0.5, 0.6) is 5.75 Å². The number of carbonyl (C=O) groups is 1. The van der Waals surface area contributed by atoms with E-state index in [-0.39, 0.29) is 11.9 Å². The first-order valence-corrected chi connectivity index (χ1v) is 9.15. The van der Waals surface area contributed by atoms with Crippen LogP contribution in [-0.4, -0.2) is 69.9 Å². The Morgan fingerprint density at radius 2 is 1.96 bits per heavy atom. The fraction of sp³-hybridized carbons (Fsp3) is 0.611. The maximum atomic E-state index is 11.9. The van der Waals surface area contributed by atoms with Gasteiger partial charge in [0.1, 0.15) is 12.4 Å². The number of amides is 1. The molecule has 1 saturated heterocycles. The molecule has 6 nitrogen and oxygen atoms in total. The van der Waals surface area contributed by atoms with E-state index in [1.807, 2.05) is 24.3 Å². The van der Waals surface area contributed by atoms with Crippen molar-refractivity contribution >= 4 is 17.5 Å². The van der Waals surface area contributed by atoms with E-state index in [1.165, 1.54) is 0 Å². The predicted octanol–water partition coefficient (Wildman–Crippen LogP) is 1.54. The Balaban J connectivity index is 1.55. The molecule has 1 aromatic rings. The lowest BCUT2D eigenvalue weighted by Crippen LogP contribution is -2.47. The zero-order chi connectivity index (χ0) is 17.9. The minimum atomic E-state index is 0.0561. The van der Waals surface area contributed by atoms with Gasteiger partial charge in [0, 0.05) is 44.4 Å². The molecule has 1 aliphatic heterocycles. The zero-order valence-corrected chi connectivity index (χ0v) is 15.6. The molecular formula is C18H28ClN3O3. The van der Waals surface area contributed by atoms with Crippen LogP contribution in [0.25, 0.3) is 0 Å². The van der Waals surface area contributed by atoms with Gasteiger partial charge in [-0.05, 0) is 37.1 Å². The SMILES string of the molecule is COCCNCC(=O)NC1CCN(CCOc2ccc(Cl)cc2)CC1. The molecule has 1 aromatic carbocycles. The van der Waals surface area contributed by atoms with Crippen LogP contribution in [0.2, 0.25) is 5.02 Å². The quantitative estimate of drug-likeness (QED) is 0.612. The summed E-state index contributed by atoms with van der Waals surface area (Å²) in [5.41, 5.74) is 0. The van der Waals surface area contributed by atoms with Crippen molar-refractivity contribution in [3.8, 4) is 5.75 Å². The van der Waals surface area contributed by atoms with Crippen molar-refractivity contribution in [2.75, 3.05) is 53.0 Å². The molecular weight excluding hydrogens is 342 g/mol. The number of hydrogen-bond donors (Lipinski definition) is 2. The van der Waals surface area contributed by atoms with Crippen LogP contribution >= 0.6 is 11.6 Å². The highest BCUT2D eigenvalue weighted by atomic mass is 35.5. The fourth-order valence-corrected chi connectivity index (χ4v) is 2.91. The summed E-state index contributed by atoms with van der Waals surface area (Å²) in [4.78, 5) is 14.2. The number of methoxy groups -OCH3 is 1. The highest BCUT2D eigenvalue weighted by Crippen LogP contribution is 2.16. The molecule has 2 N–H and O–H groups in total. The Kier molecular flexibility index (Phi) is 9.04. The van der Waals surface area contributed by atoms with Crippen molar-refractivity contribution in [3.63, 3.8) is 0 Å². The van der Waals surface area contributed by atoms with Gasteiger partial charge in [-0.1, -0.05) is 11.6 Å². The second kappa shape index (κ2) is 11.3. The predicted molar refractivity (Wildman–Crippen MR) is 99.3 cm³/mol. The molecule has 1 amide bonds. The molecule has 25 heavy (non-hydrogen) atoms. The molecule has 1 fully saturated rings. The number of ether oxygens (including phenoxy) is 2. The van der Waals surface area contributed by atoms with Crippen LogP contribution in [0.1, 0.15) is 12.8 Å². The maximum Gasteiger partial charge on any atom is 0.234 e. The highest BCUT2D eigenvalue weighted by Gasteiger charge is 2.20. The molecule has 0 aliphatic carbocycles. The highest BCUT2D eigenvalue weighted by molar-refractivity contribution is 6.30. The van der Waals surface area contributed by atoms with Gasteiger partial charge >= 0.3 is 0 Å². The molecule has 1 heterocycles. The summed E-state index contributed by atoms with van der Waals surface area (Å²) in [6.07, 6.45) is 1.95. The molecule has 0 atom stereocenters. The van der Waals surface area contributed by atoms with Crippen LogP contribution in [-0.2, 0) is 9.53 Å².